The van der Waals surface area contributed by atoms with E-state index in [1.54, 1.807) is 45.0 Å². The fourth-order valence-electron chi connectivity index (χ4n) is 5.29. The number of halogens is 3. The molecule has 14 heteroatoms. The molecule has 4 N–H and O–H groups in total. The molecule has 0 aliphatic carbocycles. The third-order valence-corrected chi connectivity index (χ3v) is 9.42. The zero-order chi connectivity index (χ0) is 36.0. The van der Waals surface area contributed by atoms with E-state index in [2.05, 4.69) is 9.71 Å². The largest absolute Gasteiger partial charge is 0.396 e. The molecule has 3 heterocycles. The number of hydrogen-bond donors (Lipinski definition) is 3. The number of nitrogens with zero attached hydrogens (tertiary/aromatic N) is 4. The molecule has 1 aliphatic heterocycles. The molecule has 0 amide bonds. The average molecular weight is 705 g/mol. The standard InChI is InChI=1S/C35H47F3N6O4S/c1-25(48-24-33(2,3)35(36,37)38)20-22-44(39)28-18-19-29-40-32(28)27-15-10-9-14-26(27)13-8-6-7-11-21-43(23-34(4,5)45)30-16-12-17-31(41-30)49(46,47)42-29/h9-10,12,14-20,22,25,45H,6-8,11,13,21,23-24,39H2,1-5H3,(H,40,42)/b22-20-. The zero-order valence-corrected chi connectivity index (χ0v) is 29.5. The number of benzene rings is 1. The van der Waals surface area contributed by atoms with E-state index >= 15 is 0 Å². The number of rotatable bonds is 8. The Labute approximate surface area is 287 Å². The van der Waals surface area contributed by atoms with Gasteiger partial charge in [-0.3, -0.25) is 9.73 Å². The van der Waals surface area contributed by atoms with Crippen LogP contribution in [-0.2, 0) is 21.2 Å². The fraction of sp³-hybridized carbons (Fsp3) is 0.486. The Hall–Kier alpha value is -3.72. The number of anilines is 3. The summed E-state index contributed by atoms with van der Waals surface area (Å²) in [6, 6.07) is 15.6. The van der Waals surface area contributed by atoms with Gasteiger partial charge < -0.3 is 14.7 Å². The van der Waals surface area contributed by atoms with Crippen LogP contribution in [0.4, 0.5) is 30.5 Å². The predicted molar refractivity (Wildman–Crippen MR) is 186 cm³/mol. The van der Waals surface area contributed by atoms with Crippen LogP contribution in [0.25, 0.3) is 11.3 Å². The molecule has 0 fully saturated rings. The number of nitrogens with one attached hydrogen (secondary N) is 1. The minimum Gasteiger partial charge on any atom is -0.389 e. The van der Waals surface area contributed by atoms with Gasteiger partial charge in [0.05, 0.1) is 35.1 Å². The van der Waals surface area contributed by atoms with Gasteiger partial charge in [-0.15, -0.1) is 0 Å². The third kappa shape index (κ3) is 10.4. The maximum absolute atomic E-state index is 13.6. The molecule has 268 valence electrons. The number of nitrogens with two attached hydrogens (primary N) is 1. The Morgan fingerprint density at radius 1 is 1.02 bits per heavy atom. The molecule has 10 nitrogen and oxygen atoms in total. The molecule has 4 rings (SSSR count). The summed E-state index contributed by atoms with van der Waals surface area (Å²) >= 11 is 0. The first-order valence-corrected chi connectivity index (χ1v) is 17.8. The van der Waals surface area contributed by atoms with Crippen LogP contribution in [0.5, 0.6) is 0 Å². The predicted octanol–water partition coefficient (Wildman–Crippen LogP) is 6.83. The maximum atomic E-state index is 13.6. The quantitative estimate of drug-likeness (QED) is 0.171. The molecule has 1 atom stereocenters. The van der Waals surface area contributed by atoms with Crippen molar-refractivity contribution < 1.29 is 31.4 Å². The number of β-amino-alcohol motifs (C(OH)–C–C–N with tert-alkyl or cyclic N) is 1. The second-order valence-corrected chi connectivity index (χ2v) is 15.3. The van der Waals surface area contributed by atoms with Gasteiger partial charge in [-0.1, -0.05) is 43.2 Å². The first kappa shape index (κ1) is 38.1. The van der Waals surface area contributed by atoms with Crippen LogP contribution >= 0.6 is 0 Å². The third-order valence-electron chi connectivity index (χ3n) is 8.17. The average Bonchev–Trinajstić information content (AvgIpc) is 3.02. The lowest BCUT2D eigenvalue weighted by Crippen LogP contribution is -2.40. The van der Waals surface area contributed by atoms with Crippen LogP contribution in [0.15, 0.2) is 71.9 Å². The highest BCUT2D eigenvalue weighted by Gasteiger charge is 2.47. The highest BCUT2D eigenvalue weighted by molar-refractivity contribution is 7.92. The van der Waals surface area contributed by atoms with Crippen molar-refractivity contribution in [2.45, 2.75) is 89.6 Å². The van der Waals surface area contributed by atoms with Gasteiger partial charge in [0.25, 0.3) is 10.0 Å². The summed E-state index contributed by atoms with van der Waals surface area (Å²) in [5.74, 6) is 6.96. The van der Waals surface area contributed by atoms with Gasteiger partial charge in [0.15, 0.2) is 5.03 Å². The molecule has 49 heavy (non-hydrogen) atoms. The van der Waals surface area contributed by atoms with Crippen molar-refractivity contribution >= 4 is 27.3 Å². The Morgan fingerprint density at radius 2 is 1.73 bits per heavy atom. The van der Waals surface area contributed by atoms with Gasteiger partial charge >= 0.3 is 6.18 Å². The van der Waals surface area contributed by atoms with Crippen molar-refractivity contribution in [1.29, 1.82) is 0 Å². The van der Waals surface area contributed by atoms with Crippen LogP contribution in [0, 0.1) is 5.41 Å². The van der Waals surface area contributed by atoms with E-state index in [0.717, 1.165) is 57.1 Å². The van der Waals surface area contributed by atoms with Crippen molar-refractivity contribution in [3.8, 4) is 11.3 Å². The van der Waals surface area contributed by atoms with Crippen molar-refractivity contribution in [2.24, 2.45) is 11.3 Å². The van der Waals surface area contributed by atoms with Gasteiger partial charge in [0.1, 0.15) is 11.6 Å². The van der Waals surface area contributed by atoms with Crippen molar-refractivity contribution in [1.82, 2.24) is 9.97 Å². The lowest BCUT2D eigenvalue weighted by molar-refractivity contribution is -0.228. The highest BCUT2D eigenvalue weighted by atomic mass is 32.2. The molecular weight excluding hydrogens is 657 g/mol. The number of sulfonamides is 1. The summed E-state index contributed by atoms with van der Waals surface area (Å²) < 4.78 is 75.2. The number of alkyl halides is 3. The van der Waals surface area contributed by atoms with Gasteiger partial charge in [-0.05, 0) is 89.8 Å². The Balaban J connectivity index is 1.71. The van der Waals surface area contributed by atoms with E-state index < -0.39 is 39.9 Å². The number of hydrazine groups is 1. The Bertz CT molecular complexity index is 1710. The summed E-state index contributed by atoms with van der Waals surface area (Å²) in [4.78, 5) is 11.1. The summed E-state index contributed by atoms with van der Waals surface area (Å²) in [7, 11) is -4.19. The highest BCUT2D eigenvalue weighted by Crippen LogP contribution is 2.38. The number of fused-ring (bicyclic) bond motifs is 6. The molecule has 1 aromatic carbocycles. The van der Waals surface area contributed by atoms with E-state index in [4.69, 9.17) is 15.6 Å². The van der Waals surface area contributed by atoms with Crippen molar-refractivity contribution in [3.05, 3.63) is 72.4 Å². The number of aromatic nitrogens is 2. The summed E-state index contributed by atoms with van der Waals surface area (Å²) in [5.41, 5.74) is -0.431. The number of pyridine rings is 2. The van der Waals surface area contributed by atoms with Gasteiger partial charge in [0, 0.05) is 24.9 Å². The van der Waals surface area contributed by atoms with Gasteiger partial charge in [-0.2, -0.15) is 21.6 Å². The zero-order valence-electron chi connectivity index (χ0n) is 28.7. The summed E-state index contributed by atoms with van der Waals surface area (Å²) in [5, 5.41) is 11.7. The minimum absolute atomic E-state index is 0.0434. The number of aliphatic hydroxyl groups is 1. The fourth-order valence-corrected chi connectivity index (χ4v) is 6.25. The minimum atomic E-state index is -4.42. The molecule has 4 bridgehead atoms. The molecular formula is C35H47F3N6O4S. The Morgan fingerprint density at radius 3 is 2.45 bits per heavy atom. The SMILES string of the molecule is CC(/C=C\N(N)c1ccc2nc1-c1ccccc1CCCCCCN(CC(C)(C)O)c1cccc(n1)S(=O)(=O)N2)OCC(C)(C)C(F)(F)F. The van der Waals surface area contributed by atoms with Crippen LogP contribution < -0.4 is 20.5 Å². The van der Waals surface area contributed by atoms with E-state index in [1.807, 2.05) is 29.2 Å². The van der Waals surface area contributed by atoms with Crippen molar-refractivity contribution in [3.63, 3.8) is 0 Å². The second-order valence-electron chi connectivity index (χ2n) is 13.7. The Kier molecular flexibility index (Phi) is 12.0. The van der Waals surface area contributed by atoms with E-state index in [9.17, 15) is 26.7 Å². The monoisotopic (exact) mass is 704 g/mol. The number of hydrogen-bond acceptors (Lipinski definition) is 9. The molecule has 0 saturated heterocycles. The molecule has 0 spiro atoms. The van der Waals surface area contributed by atoms with E-state index in [0.29, 0.717) is 23.7 Å². The molecule has 1 unspecified atom stereocenters. The van der Waals surface area contributed by atoms with Crippen LogP contribution in [-0.4, -0.2) is 61.1 Å². The normalized spacial score (nSPS) is 16.8. The van der Waals surface area contributed by atoms with E-state index in [1.165, 1.54) is 23.3 Å². The smallest absolute Gasteiger partial charge is 0.389 e. The van der Waals surface area contributed by atoms with Crippen molar-refractivity contribution in [2.75, 3.05) is 34.3 Å². The number of ether oxygens (including phenoxy) is 1. The van der Waals surface area contributed by atoms with E-state index in [-0.39, 0.29) is 17.4 Å². The molecule has 0 saturated carbocycles. The molecule has 3 aromatic rings. The molecule has 0 radical (unpaired) electrons. The maximum Gasteiger partial charge on any atom is 0.396 e. The summed E-state index contributed by atoms with van der Waals surface area (Å²) in [6.07, 6.45) is 2.26. The topological polar surface area (TPSA) is 134 Å². The summed E-state index contributed by atoms with van der Waals surface area (Å²) in [6.45, 7) is 7.52. The lowest BCUT2D eigenvalue weighted by atomic mass is 9.94. The number of aryl methyl sites for hydroxylation is 1. The molecule has 2 aromatic heterocycles. The van der Waals surface area contributed by atoms with Crippen LogP contribution in [0.1, 0.15) is 65.9 Å². The van der Waals surface area contributed by atoms with Crippen LogP contribution in [0.3, 0.4) is 0 Å². The second kappa shape index (κ2) is 15.4. The lowest BCUT2D eigenvalue weighted by Gasteiger charge is -2.30. The van der Waals surface area contributed by atoms with Gasteiger partial charge in [-0.25, -0.2) is 15.8 Å². The first-order chi connectivity index (χ1) is 22.9. The van der Waals surface area contributed by atoms with Gasteiger partial charge in [0.2, 0.25) is 0 Å². The first-order valence-electron chi connectivity index (χ1n) is 16.3. The molecule has 1 aliphatic rings. The van der Waals surface area contributed by atoms with Crippen LogP contribution in [0.2, 0.25) is 0 Å².